The van der Waals surface area contributed by atoms with Crippen LogP contribution in [-0.4, -0.2) is 9.55 Å². The molecule has 4 nitrogen and oxygen atoms in total. The van der Waals surface area contributed by atoms with Crippen LogP contribution in [0.1, 0.15) is 10.4 Å². The van der Waals surface area contributed by atoms with Crippen LogP contribution < -0.4 is 21.8 Å². The van der Waals surface area contributed by atoms with Gasteiger partial charge in [0, 0.05) is 11.9 Å². The van der Waals surface area contributed by atoms with Crippen molar-refractivity contribution in [2.75, 3.05) is 0 Å². The summed E-state index contributed by atoms with van der Waals surface area (Å²) in [6, 6.07) is 13.2. The van der Waals surface area contributed by atoms with Gasteiger partial charge < -0.3 is 9.55 Å². The van der Waals surface area contributed by atoms with Crippen LogP contribution in [-0.2, 0) is 7.05 Å². The Morgan fingerprint density at radius 1 is 1.05 bits per heavy atom. The zero-order valence-corrected chi connectivity index (χ0v) is 12.8. The van der Waals surface area contributed by atoms with E-state index in [1.165, 1.54) is 15.9 Å². The average molecular weight is 310 g/mol. The normalized spacial score (nSPS) is 12.8. The molecule has 0 unspecified atom stereocenters. The van der Waals surface area contributed by atoms with E-state index in [1.54, 1.807) is 19.2 Å². The van der Waals surface area contributed by atoms with Gasteiger partial charge in [0.2, 0.25) is 0 Å². The highest BCUT2D eigenvalue weighted by Gasteiger charge is 2.01. The van der Waals surface area contributed by atoms with Crippen molar-refractivity contribution in [2.24, 2.45) is 7.05 Å². The first-order valence-electron chi connectivity index (χ1n) is 6.76. The van der Waals surface area contributed by atoms with Crippen LogP contribution in [0.2, 0.25) is 0 Å². The molecule has 2 aromatic heterocycles. The zero-order chi connectivity index (χ0) is 15.5. The molecule has 0 atom stereocenters. The molecular formula is C17H14N2O2S. The van der Waals surface area contributed by atoms with Gasteiger partial charge in [0.25, 0.3) is 11.1 Å². The lowest BCUT2D eigenvalue weighted by Gasteiger charge is -1.99. The molecule has 0 saturated carbocycles. The summed E-state index contributed by atoms with van der Waals surface area (Å²) in [5, 5.41) is 2.55. The molecule has 1 aromatic carbocycles. The first-order chi connectivity index (χ1) is 10.6. The molecule has 22 heavy (non-hydrogen) atoms. The first-order valence-corrected chi connectivity index (χ1v) is 7.64. The molecule has 1 N–H and O–H groups in total. The van der Waals surface area contributed by atoms with Gasteiger partial charge in [-0.05, 0) is 29.2 Å². The standard InChI is InChI=1S/C17H14N2O2S/c1-19-15(11-13-8-5-9-22-13)16(20)18-14(17(19)21)10-12-6-3-2-4-7-12/h2-11H,1H3,(H,18,20). The van der Waals surface area contributed by atoms with Gasteiger partial charge in [-0.15, -0.1) is 11.3 Å². The van der Waals surface area contributed by atoms with E-state index in [4.69, 9.17) is 0 Å². The fourth-order valence-corrected chi connectivity index (χ4v) is 2.82. The largest absolute Gasteiger partial charge is 0.316 e. The van der Waals surface area contributed by atoms with Gasteiger partial charge in [0.15, 0.2) is 0 Å². The van der Waals surface area contributed by atoms with Gasteiger partial charge in [0.1, 0.15) is 10.7 Å². The molecule has 3 rings (SSSR count). The van der Waals surface area contributed by atoms with Crippen molar-refractivity contribution in [2.45, 2.75) is 0 Å². The Labute approximate surface area is 130 Å². The third-order valence-electron chi connectivity index (χ3n) is 3.31. The summed E-state index contributed by atoms with van der Waals surface area (Å²) in [7, 11) is 1.61. The van der Waals surface area contributed by atoms with Gasteiger partial charge in [-0.2, -0.15) is 0 Å². The SMILES string of the molecule is Cn1c(=O)c(=Cc2ccccc2)[nH]c(=O)c1=Cc1cccs1. The Bertz CT molecular complexity index is 1010. The second-order valence-corrected chi connectivity index (χ2v) is 5.81. The minimum absolute atomic E-state index is 0.230. The van der Waals surface area contributed by atoms with Crippen LogP contribution in [0.25, 0.3) is 12.2 Å². The van der Waals surface area contributed by atoms with Crippen LogP contribution >= 0.6 is 11.3 Å². The van der Waals surface area contributed by atoms with Crippen molar-refractivity contribution in [1.29, 1.82) is 0 Å². The summed E-state index contributed by atoms with van der Waals surface area (Å²) < 4.78 is 1.38. The maximum Gasteiger partial charge on any atom is 0.274 e. The lowest BCUT2D eigenvalue weighted by Crippen LogP contribution is -2.52. The summed E-state index contributed by atoms with van der Waals surface area (Å²) in [5.41, 5.74) is 0.356. The monoisotopic (exact) mass is 310 g/mol. The Kier molecular flexibility index (Phi) is 3.89. The molecule has 3 aromatic rings. The minimum atomic E-state index is -0.280. The van der Waals surface area contributed by atoms with E-state index >= 15 is 0 Å². The minimum Gasteiger partial charge on any atom is -0.316 e. The average Bonchev–Trinajstić information content (AvgIpc) is 3.03. The van der Waals surface area contributed by atoms with E-state index in [2.05, 4.69) is 4.98 Å². The Hall–Kier alpha value is -2.66. The fourth-order valence-electron chi connectivity index (χ4n) is 2.17. The van der Waals surface area contributed by atoms with Gasteiger partial charge >= 0.3 is 0 Å². The number of thiophene rings is 1. The predicted octanol–water partition coefficient (Wildman–Crippen LogP) is 0.793. The molecule has 2 heterocycles. The van der Waals surface area contributed by atoms with E-state index in [1.807, 2.05) is 47.8 Å². The van der Waals surface area contributed by atoms with Crippen molar-refractivity contribution in [3.05, 3.63) is 89.7 Å². The maximum atomic E-state index is 12.4. The van der Waals surface area contributed by atoms with Crippen molar-refractivity contribution in [3.63, 3.8) is 0 Å². The fraction of sp³-hybridized carbons (Fsp3) is 0.0588. The van der Waals surface area contributed by atoms with Gasteiger partial charge in [-0.3, -0.25) is 9.59 Å². The lowest BCUT2D eigenvalue weighted by molar-refractivity contribution is 0.776. The van der Waals surface area contributed by atoms with Crippen LogP contribution in [0.15, 0.2) is 57.4 Å². The molecule has 0 aliphatic rings. The first kappa shape index (κ1) is 14.3. The molecule has 0 saturated heterocycles. The van der Waals surface area contributed by atoms with Crippen LogP contribution in [0, 0.1) is 0 Å². The number of H-pyrrole nitrogens is 1. The molecule has 110 valence electrons. The number of hydrogen-bond acceptors (Lipinski definition) is 3. The molecular weight excluding hydrogens is 296 g/mol. The predicted molar refractivity (Wildman–Crippen MR) is 89.4 cm³/mol. The van der Waals surface area contributed by atoms with Gasteiger partial charge in [0.05, 0.1) is 0 Å². The quantitative estimate of drug-likeness (QED) is 0.761. The summed E-state index contributed by atoms with van der Waals surface area (Å²) in [4.78, 5) is 28.3. The second kappa shape index (κ2) is 5.99. The highest BCUT2D eigenvalue weighted by atomic mass is 32.1. The smallest absolute Gasteiger partial charge is 0.274 e. The zero-order valence-electron chi connectivity index (χ0n) is 11.9. The number of rotatable bonds is 2. The van der Waals surface area contributed by atoms with Gasteiger partial charge in [-0.25, -0.2) is 0 Å². The number of aromatic nitrogens is 2. The van der Waals surface area contributed by atoms with E-state index < -0.39 is 0 Å². The highest BCUT2D eigenvalue weighted by Crippen LogP contribution is 2.07. The topological polar surface area (TPSA) is 54.9 Å². The number of aromatic amines is 1. The van der Waals surface area contributed by atoms with Crippen molar-refractivity contribution in [3.8, 4) is 0 Å². The maximum absolute atomic E-state index is 12.4. The van der Waals surface area contributed by atoms with Crippen LogP contribution in [0.4, 0.5) is 0 Å². The third-order valence-corrected chi connectivity index (χ3v) is 4.13. The second-order valence-electron chi connectivity index (χ2n) is 4.83. The van der Waals surface area contributed by atoms with Crippen LogP contribution in [0.5, 0.6) is 0 Å². The highest BCUT2D eigenvalue weighted by molar-refractivity contribution is 7.10. The number of nitrogens with one attached hydrogen (secondary N) is 1. The third kappa shape index (κ3) is 2.84. The van der Waals surface area contributed by atoms with Crippen molar-refractivity contribution in [1.82, 2.24) is 9.55 Å². The molecule has 0 spiro atoms. The van der Waals surface area contributed by atoms with E-state index in [-0.39, 0.29) is 16.5 Å². The van der Waals surface area contributed by atoms with E-state index in [0.29, 0.717) is 5.35 Å². The summed E-state index contributed by atoms with van der Waals surface area (Å²) >= 11 is 1.52. The van der Waals surface area contributed by atoms with Gasteiger partial charge in [-0.1, -0.05) is 36.4 Å². The van der Waals surface area contributed by atoms with Crippen LogP contribution in [0.3, 0.4) is 0 Å². The van der Waals surface area contributed by atoms with E-state index in [0.717, 1.165) is 10.4 Å². The van der Waals surface area contributed by atoms with E-state index in [9.17, 15) is 9.59 Å². The molecule has 0 fully saturated rings. The van der Waals surface area contributed by atoms with Crippen molar-refractivity contribution >= 4 is 23.5 Å². The summed E-state index contributed by atoms with van der Waals surface area (Å²) in [6.07, 6.45) is 3.40. The number of benzene rings is 1. The Balaban J connectivity index is 2.25. The Morgan fingerprint density at radius 2 is 1.82 bits per heavy atom. The molecule has 0 radical (unpaired) electrons. The van der Waals surface area contributed by atoms with Crippen molar-refractivity contribution < 1.29 is 0 Å². The summed E-state index contributed by atoms with van der Waals surface area (Å²) in [6.45, 7) is 0. The molecule has 5 heteroatoms. The molecule has 0 bridgehead atoms. The lowest BCUT2D eigenvalue weighted by atomic mass is 10.2. The molecule has 0 aliphatic carbocycles. The number of nitrogens with zero attached hydrogens (tertiary/aromatic N) is 1. The summed E-state index contributed by atoms with van der Waals surface area (Å²) in [5.74, 6) is 0. The molecule has 0 aliphatic heterocycles. The Morgan fingerprint density at radius 3 is 2.50 bits per heavy atom. The number of hydrogen-bond donors (Lipinski definition) is 1. The molecule has 0 amide bonds.